The van der Waals surface area contributed by atoms with Crippen LogP contribution in [-0.2, 0) is 30.4 Å². The second-order valence-electron chi connectivity index (χ2n) is 8.00. The van der Waals surface area contributed by atoms with E-state index in [1.807, 2.05) is 18.2 Å². The van der Waals surface area contributed by atoms with Gasteiger partial charge in [0.15, 0.2) is 0 Å². The fourth-order valence-electron chi connectivity index (χ4n) is 3.31. The number of aromatic nitrogens is 1. The van der Waals surface area contributed by atoms with Gasteiger partial charge in [0, 0.05) is 29.9 Å². The first-order chi connectivity index (χ1) is 16.5. The Kier molecular flexibility index (Phi) is 9.73. The van der Waals surface area contributed by atoms with E-state index in [4.69, 9.17) is 15.9 Å². The average Bonchev–Trinajstić information content (AvgIpc) is 3.21. The number of carboxylic acids is 2. The van der Waals surface area contributed by atoms with Gasteiger partial charge in [-0.15, -0.1) is 0 Å². The summed E-state index contributed by atoms with van der Waals surface area (Å²) in [6, 6.07) is 3.32. The maximum absolute atomic E-state index is 13.1. The summed E-state index contributed by atoms with van der Waals surface area (Å²) in [5, 5.41) is 35.1. The molecule has 190 valence electrons. The lowest BCUT2D eigenvalue weighted by molar-refractivity contribution is -0.140. The highest BCUT2D eigenvalue weighted by molar-refractivity contribution is 5.94. The molecule has 0 aliphatic carbocycles. The fourth-order valence-corrected chi connectivity index (χ4v) is 3.31. The summed E-state index contributed by atoms with van der Waals surface area (Å²) in [4.78, 5) is 62.9. The minimum atomic E-state index is -1.37. The molecule has 1 aromatic carbocycles. The van der Waals surface area contributed by atoms with Gasteiger partial charge < -0.3 is 42.0 Å². The normalized spacial score (nSPS) is 14.4. The van der Waals surface area contributed by atoms with Gasteiger partial charge in [-0.1, -0.05) is 18.2 Å². The van der Waals surface area contributed by atoms with E-state index in [9.17, 15) is 29.1 Å². The number of aliphatic hydroxyl groups excluding tert-OH is 1. The Morgan fingerprint density at radius 2 is 1.63 bits per heavy atom. The van der Waals surface area contributed by atoms with Gasteiger partial charge in [-0.3, -0.25) is 24.0 Å². The standard InChI is InChI=1S/C22H29N5O8/c1-11(28)19(23)22(35)27-16(8-12-9-24-14-5-3-2-4-13(12)14)21(34)26-15(6-7-17(29)30)20(33)25-10-18(31)32/h2-5,9,11,15-16,19,24,28H,6-8,10,23H2,1H3,(H,25,33)(H,26,34)(H,27,35)(H,29,30)(H,31,32). The number of hydrogen-bond acceptors (Lipinski definition) is 7. The number of aromatic amines is 1. The van der Waals surface area contributed by atoms with E-state index < -0.39 is 66.9 Å². The zero-order chi connectivity index (χ0) is 26.1. The smallest absolute Gasteiger partial charge is 0.322 e. The van der Waals surface area contributed by atoms with Crippen LogP contribution < -0.4 is 21.7 Å². The minimum Gasteiger partial charge on any atom is -0.481 e. The van der Waals surface area contributed by atoms with Gasteiger partial charge in [0.05, 0.1) is 6.10 Å². The predicted molar refractivity (Wildman–Crippen MR) is 123 cm³/mol. The van der Waals surface area contributed by atoms with Crippen molar-refractivity contribution in [2.75, 3.05) is 6.54 Å². The number of carbonyl (C=O) groups excluding carboxylic acids is 3. The third-order valence-corrected chi connectivity index (χ3v) is 5.25. The average molecular weight is 492 g/mol. The molecule has 2 aromatic rings. The van der Waals surface area contributed by atoms with Crippen LogP contribution in [0.1, 0.15) is 25.3 Å². The van der Waals surface area contributed by atoms with Crippen molar-refractivity contribution in [3.8, 4) is 0 Å². The number of hydrogen-bond donors (Lipinski definition) is 8. The Hall–Kier alpha value is -3.97. The van der Waals surface area contributed by atoms with Crippen LogP contribution in [0.3, 0.4) is 0 Å². The van der Waals surface area contributed by atoms with Gasteiger partial charge in [-0.2, -0.15) is 0 Å². The van der Waals surface area contributed by atoms with Gasteiger partial charge in [0.2, 0.25) is 17.7 Å². The molecule has 3 amide bonds. The molecule has 2 rings (SSSR count). The first-order valence-corrected chi connectivity index (χ1v) is 10.8. The molecule has 0 bridgehead atoms. The van der Waals surface area contributed by atoms with Crippen molar-refractivity contribution in [1.29, 1.82) is 0 Å². The summed E-state index contributed by atoms with van der Waals surface area (Å²) in [7, 11) is 0. The van der Waals surface area contributed by atoms with Crippen LogP contribution in [0.4, 0.5) is 0 Å². The van der Waals surface area contributed by atoms with E-state index >= 15 is 0 Å². The Bertz CT molecular complexity index is 1080. The summed E-state index contributed by atoms with van der Waals surface area (Å²) in [6.45, 7) is 0.588. The maximum Gasteiger partial charge on any atom is 0.322 e. The Labute approximate surface area is 200 Å². The highest BCUT2D eigenvalue weighted by Gasteiger charge is 2.30. The third-order valence-electron chi connectivity index (χ3n) is 5.25. The molecule has 4 unspecified atom stereocenters. The molecule has 0 spiro atoms. The van der Waals surface area contributed by atoms with Crippen molar-refractivity contribution in [1.82, 2.24) is 20.9 Å². The molecule has 0 saturated heterocycles. The lowest BCUT2D eigenvalue weighted by Crippen LogP contribution is -2.58. The van der Waals surface area contributed by atoms with E-state index in [1.165, 1.54) is 6.92 Å². The van der Waals surface area contributed by atoms with Crippen molar-refractivity contribution >= 4 is 40.6 Å². The number of carbonyl (C=O) groups is 5. The zero-order valence-corrected chi connectivity index (χ0v) is 19.0. The number of carboxylic acid groups (broad SMARTS) is 2. The number of nitrogens with two attached hydrogens (primary N) is 1. The SMILES string of the molecule is CC(O)C(N)C(=O)NC(Cc1c[nH]c2ccccc12)C(=O)NC(CCC(=O)O)C(=O)NCC(=O)O. The molecule has 35 heavy (non-hydrogen) atoms. The fraction of sp³-hybridized carbons (Fsp3) is 0.409. The van der Waals surface area contributed by atoms with E-state index in [0.717, 1.165) is 10.9 Å². The summed E-state index contributed by atoms with van der Waals surface area (Å²) >= 11 is 0. The number of para-hydroxylation sites is 1. The topological polar surface area (TPSA) is 224 Å². The number of aliphatic hydroxyl groups is 1. The molecule has 0 fully saturated rings. The van der Waals surface area contributed by atoms with Gasteiger partial charge in [-0.25, -0.2) is 0 Å². The van der Waals surface area contributed by atoms with Gasteiger partial charge in [-0.05, 0) is 25.0 Å². The molecule has 0 aliphatic heterocycles. The molecular formula is C22H29N5O8. The Morgan fingerprint density at radius 1 is 0.971 bits per heavy atom. The van der Waals surface area contributed by atoms with Crippen molar-refractivity contribution in [2.24, 2.45) is 5.73 Å². The van der Waals surface area contributed by atoms with E-state index in [2.05, 4.69) is 20.9 Å². The van der Waals surface area contributed by atoms with Crippen LogP contribution in [0.25, 0.3) is 10.9 Å². The van der Waals surface area contributed by atoms with Crippen LogP contribution in [0.5, 0.6) is 0 Å². The summed E-state index contributed by atoms with van der Waals surface area (Å²) in [5.41, 5.74) is 7.15. The summed E-state index contributed by atoms with van der Waals surface area (Å²) in [5.74, 6) is -5.06. The molecule has 1 heterocycles. The molecular weight excluding hydrogens is 462 g/mol. The highest BCUT2D eigenvalue weighted by atomic mass is 16.4. The lowest BCUT2D eigenvalue weighted by atomic mass is 10.0. The first kappa shape index (κ1) is 27.3. The quantitative estimate of drug-likeness (QED) is 0.162. The largest absolute Gasteiger partial charge is 0.481 e. The highest BCUT2D eigenvalue weighted by Crippen LogP contribution is 2.19. The van der Waals surface area contributed by atoms with Crippen LogP contribution in [-0.4, -0.2) is 80.7 Å². The number of nitrogens with one attached hydrogen (secondary N) is 4. The second kappa shape index (κ2) is 12.5. The predicted octanol–water partition coefficient (Wildman–Crippen LogP) is -1.55. The number of amides is 3. The molecule has 0 radical (unpaired) electrons. The van der Waals surface area contributed by atoms with Crippen molar-refractivity contribution in [2.45, 2.75) is 50.4 Å². The molecule has 0 aliphatic rings. The molecule has 4 atom stereocenters. The van der Waals surface area contributed by atoms with Crippen molar-refractivity contribution in [3.05, 3.63) is 36.0 Å². The summed E-state index contributed by atoms with van der Waals surface area (Å²) < 4.78 is 0. The van der Waals surface area contributed by atoms with E-state index in [0.29, 0.717) is 5.56 Å². The van der Waals surface area contributed by atoms with Gasteiger partial charge >= 0.3 is 11.9 Å². The minimum absolute atomic E-state index is 0.0173. The Balaban J connectivity index is 2.27. The van der Waals surface area contributed by atoms with E-state index in [-0.39, 0.29) is 12.8 Å². The second-order valence-corrected chi connectivity index (χ2v) is 8.00. The van der Waals surface area contributed by atoms with Crippen LogP contribution in [0.15, 0.2) is 30.5 Å². The molecule has 13 nitrogen and oxygen atoms in total. The Morgan fingerprint density at radius 3 is 2.26 bits per heavy atom. The number of H-pyrrole nitrogens is 1. The monoisotopic (exact) mass is 491 g/mol. The molecule has 0 saturated carbocycles. The number of fused-ring (bicyclic) bond motifs is 1. The van der Waals surface area contributed by atoms with Crippen molar-refractivity contribution in [3.63, 3.8) is 0 Å². The van der Waals surface area contributed by atoms with Crippen LogP contribution in [0, 0.1) is 0 Å². The number of aliphatic carboxylic acids is 2. The van der Waals surface area contributed by atoms with Crippen LogP contribution in [0.2, 0.25) is 0 Å². The first-order valence-electron chi connectivity index (χ1n) is 10.8. The number of rotatable bonds is 13. The maximum atomic E-state index is 13.1. The van der Waals surface area contributed by atoms with Crippen LogP contribution >= 0.6 is 0 Å². The van der Waals surface area contributed by atoms with Gasteiger partial charge in [0.25, 0.3) is 0 Å². The third kappa shape index (κ3) is 8.08. The summed E-state index contributed by atoms with van der Waals surface area (Å²) in [6.07, 6.45) is -0.341. The van der Waals surface area contributed by atoms with Gasteiger partial charge in [0.1, 0.15) is 24.7 Å². The van der Waals surface area contributed by atoms with Crippen molar-refractivity contribution < 1.29 is 39.3 Å². The number of benzene rings is 1. The lowest BCUT2D eigenvalue weighted by Gasteiger charge is -2.24. The van der Waals surface area contributed by atoms with E-state index in [1.54, 1.807) is 12.3 Å². The zero-order valence-electron chi connectivity index (χ0n) is 19.0. The molecule has 1 aromatic heterocycles. The molecule has 13 heteroatoms. The molecule has 9 N–H and O–H groups in total.